The Morgan fingerprint density at radius 2 is 2.04 bits per heavy atom. The number of aromatic nitrogens is 1. The number of carbonyl (C=O) groups is 1. The van der Waals surface area contributed by atoms with Crippen LogP contribution in [0.25, 0.3) is 6.08 Å². The topological polar surface area (TPSA) is 54.5 Å². The van der Waals surface area contributed by atoms with Crippen molar-refractivity contribution >= 4 is 23.5 Å². The molecule has 0 bridgehead atoms. The van der Waals surface area contributed by atoms with E-state index in [-0.39, 0.29) is 11.7 Å². The summed E-state index contributed by atoms with van der Waals surface area (Å²) in [4.78, 5) is 18.7. The summed E-state index contributed by atoms with van der Waals surface area (Å²) in [5, 5.41) is 2.75. The third-order valence-electron chi connectivity index (χ3n) is 4.30. The van der Waals surface area contributed by atoms with Crippen LogP contribution in [0.15, 0.2) is 42.6 Å². The lowest BCUT2D eigenvalue weighted by molar-refractivity contribution is -0.111. The molecular formula is C20H22FN3O2. The highest BCUT2D eigenvalue weighted by Gasteiger charge is 2.11. The van der Waals surface area contributed by atoms with E-state index in [9.17, 15) is 9.18 Å². The van der Waals surface area contributed by atoms with Crippen molar-refractivity contribution < 1.29 is 13.9 Å². The van der Waals surface area contributed by atoms with Gasteiger partial charge in [0.05, 0.1) is 19.0 Å². The molecule has 1 aromatic carbocycles. The molecular weight excluding hydrogens is 333 g/mol. The van der Waals surface area contributed by atoms with Gasteiger partial charge in [-0.05, 0) is 55.2 Å². The van der Waals surface area contributed by atoms with Gasteiger partial charge < -0.3 is 15.0 Å². The largest absolute Gasteiger partial charge is 0.494 e. The van der Waals surface area contributed by atoms with E-state index in [0.29, 0.717) is 11.3 Å². The Labute approximate surface area is 152 Å². The zero-order chi connectivity index (χ0) is 18.4. The second-order valence-corrected chi connectivity index (χ2v) is 6.17. The molecule has 136 valence electrons. The first-order valence-electron chi connectivity index (χ1n) is 8.69. The van der Waals surface area contributed by atoms with Crippen molar-refractivity contribution in [1.29, 1.82) is 0 Å². The molecule has 3 rings (SSSR count). The first kappa shape index (κ1) is 17.9. The molecule has 1 fully saturated rings. The highest BCUT2D eigenvalue weighted by molar-refractivity contribution is 6.01. The molecule has 1 aromatic heterocycles. The van der Waals surface area contributed by atoms with Crippen LogP contribution in [-0.2, 0) is 4.79 Å². The standard InChI is InChI=1S/C20H22FN3O2/c1-26-18-8-5-15(13-17(18)21)6-10-20(25)23-16-7-9-19(22-14-16)24-11-3-2-4-12-24/h5-10,13-14H,2-4,11-12H2,1H3,(H,23,25). The third kappa shape index (κ3) is 4.59. The molecule has 0 radical (unpaired) electrons. The second kappa shape index (κ2) is 8.47. The van der Waals surface area contributed by atoms with Gasteiger partial charge in [-0.15, -0.1) is 0 Å². The monoisotopic (exact) mass is 355 g/mol. The van der Waals surface area contributed by atoms with Crippen LogP contribution < -0.4 is 15.0 Å². The van der Waals surface area contributed by atoms with Crippen molar-refractivity contribution in [3.05, 3.63) is 54.0 Å². The minimum absolute atomic E-state index is 0.173. The van der Waals surface area contributed by atoms with Crippen LogP contribution in [0.4, 0.5) is 15.9 Å². The predicted molar refractivity (Wildman–Crippen MR) is 101 cm³/mol. The van der Waals surface area contributed by atoms with Gasteiger partial charge >= 0.3 is 0 Å². The Morgan fingerprint density at radius 1 is 1.23 bits per heavy atom. The summed E-state index contributed by atoms with van der Waals surface area (Å²) < 4.78 is 18.5. The third-order valence-corrected chi connectivity index (χ3v) is 4.30. The number of nitrogens with zero attached hydrogens (tertiary/aromatic N) is 2. The summed E-state index contributed by atoms with van der Waals surface area (Å²) in [5.74, 6) is 0.347. The molecule has 0 unspecified atom stereocenters. The number of nitrogens with one attached hydrogen (secondary N) is 1. The summed E-state index contributed by atoms with van der Waals surface area (Å²) >= 11 is 0. The second-order valence-electron chi connectivity index (χ2n) is 6.17. The smallest absolute Gasteiger partial charge is 0.248 e. The fraction of sp³-hybridized carbons (Fsp3) is 0.300. The Bertz CT molecular complexity index is 784. The number of ether oxygens (including phenoxy) is 1. The number of piperidine rings is 1. The molecule has 1 aliphatic heterocycles. The van der Waals surface area contributed by atoms with Crippen LogP contribution in [-0.4, -0.2) is 31.1 Å². The number of hydrogen-bond acceptors (Lipinski definition) is 4. The lowest BCUT2D eigenvalue weighted by Crippen LogP contribution is -2.30. The van der Waals surface area contributed by atoms with Crippen molar-refractivity contribution in [2.45, 2.75) is 19.3 Å². The van der Waals surface area contributed by atoms with E-state index < -0.39 is 5.82 Å². The van der Waals surface area contributed by atoms with Gasteiger partial charge in [-0.25, -0.2) is 9.37 Å². The van der Waals surface area contributed by atoms with Crippen molar-refractivity contribution in [1.82, 2.24) is 4.98 Å². The summed E-state index contributed by atoms with van der Waals surface area (Å²) in [6.07, 6.45) is 8.22. The SMILES string of the molecule is COc1ccc(C=CC(=O)Nc2ccc(N3CCCCC3)nc2)cc1F. The normalized spacial score (nSPS) is 14.5. The predicted octanol–water partition coefficient (Wildman–Crippen LogP) is 3.87. The highest BCUT2D eigenvalue weighted by atomic mass is 19.1. The van der Waals surface area contributed by atoms with Crippen LogP contribution in [0, 0.1) is 5.82 Å². The lowest BCUT2D eigenvalue weighted by atomic mass is 10.1. The van der Waals surface area contributed by atoms with E-state index in [0.717, 1.165) is 18.9 Å². The van der Waals surface area contributed by atoms with Gasteiger partial charge in [0, 0.05) is 19.2 Å². The number of pyridine rings is 1. The Hall–Kier alpha value is -2.89. The zero-order valence-corrected chi connectivity index (χ0v) is 14.7. The van der Waals surface area contributed by atoms with Crippen LogP contribution in [0.3, 0.4) is 0 Å². The van der Waals surface area contributed by atoms with E-state index in [4.69, 9.17) is 4.74 Å². The van der Waals surface area contributed by atoms with E-state index in [1.807, 2.05) is 12.1 Å². The number of halogens is 1. The molecule has 0 aliphatic carbocycles. The molecule has 0 saturated carbocycles. The molecule has 5 nitrogen and oxygen atoms in total. The molecule has 26 heavy (non-hydrogen) atoms. The average molecular weight is 355 g/mol. The summed E-state index contributed by atoms with van der Waals surface area (Å²) in [7, 11) is 1.41. The Balaban J connectivity index is 1.58. The van der Waals surface area contributed by atoms with Crippen molar-refractivity contribution in [3.63, 3.8) is 0 Å². The van der Waals surface area contributed by atoms with Crippen LogP contribution in [0.2, 0.25) is 0 Å². The lowest BCUT2D eigenvalue weighted by Gasteiger charge is -2.27. The van der Waals surface area contributed by atoms with Crippen LogP contribution in [0.5, 0.6) is 5.75 Å². The number of anilines is 2. The quantitative estimate of drug-likeness (QED) is 0.827. The summed E-state index contributed by atoms with van der Waals surface area (Å²) in [5.41, 5.74) is 1.21. The first-order valence-corrected chi connectivity index (χ1v) is 8.69. The molecule has 0 atom stereocenters. The summed E-state index contributed by atoms with van der Waals surface area (Å²) in [6.45, 7) is 2.06. The van der Waals surface area contributed by atoms with Gasteiger partial charge in [0.1, 0.15) is 5.82 Å². The molecule has 1 aliphatic rings. The fourth-order valence-corrected chi connectivity index (χ4v) is 2.91. The van der Waals surface area contributed by atoms with Gasteiger partial charge in [0.15, 0.2) is 11.6 Å². The number of carbonyl (C=O) groups excluding carboxylic acids is 1. The Kier molecular flexibility index (Phi) is 5.84. The van der Waals surface area contributed by atoms with Gasteiger partial charge in [-0.3, -0.25) is 4.79 Å². The molecule has 6 heteroatoms. The zero-order valence-electron chi connectivity index (χ0n) is 14.7. The Morgan fingerprint density at radius 3 is 2.69 bits per heavy atom. The van der Waals surface area contributed by atoms with Gasteiger partial charge in [-0.2, -0.15) is 0 Å². The maximum Gasteiger partial charge on any atom is 0.248 e. The number of benzene rings is 1. The van der Waals surface area contributed by atoms with Crippen molar-refractivity contribution in [3.8, 4) is 5.75 Å². The van der Waals surface area contributed by atoms with Crippen LogP contribution in [0.1, 0.15) is 24.8 Å². The van der Waals surface area contributed by atoms with Gasteiger partial charge in [0.25, 0.3) is 0 Å². The summed E-state index contributed by atoms with van der Waals surface area (Å²) in [6, 6.07) is 8.29. The minimum Gasteiger partial charge on any atom is -0.494 e. The number of rotatable bonds is 5. The van der Waals surface area contributed by atoms with E-state index in [1.54, 1.807) is 18.3 Å². The van der Waals surface area contributed by atoms with E-state index in [2.05, 4.69) is 15.2 Å². The average Bonchev–Trinajstić information content (AvgIpc) is 2.68. The number of hydrogen-bond donors (Lipinski definition) is 1. The van der Waals surface area contributed by atoms with E-state index >= 15 is 0 Å². The molecule has 1 saturated heterocycles. The molecule has 0 spiro atoms. The molecule has 2 heterocycles. The minimum atomic E-state index is -0.465. The maximum atomic E-state index is 13.6. The van der Waals surface area contributed by atoms with Crippen molar-refractivity contribution in [2.24, 2.45) is 0 Å². The van der Waals surface area contributed by atoms with E-state index in [1.165, 1.54) is 44.6 Å². The maximum absolute atomic E-state index is 13.6. The molecule has 1 amide bonds. The highest BCUT2D eigenvalue weighted by Crippen LogP contribution is 2.20. The number of methoxy groups -OCH3 is 1. The molecule has 2 aromatic rings. The fourth-order valence-electron chi connectivity index (χ4n) is 2.91. The van der Waals surface area contributed by atoms with Gasteiger partial charge in [-0.1, -0.05) is 6.07 Å². The van der Waals surface area contributed by atoms with Crippen LogP contribution >= 0.6 is 0 Å². The first-order chi connectivity index (χ1) is 12.7. The van der Waals surface area contributed by atoms with Gasteiger partial charge in [0.2, 0.25) is 5.91 Å². The van der Waals surface area contributed by atoms with Crippen molar-refractivity contribution in [2.75, 3.05) is 30.4 Å². The number of amides is 1. The molecule has 1 N–H and O–H groups in total.